The van der Waals surface area contributed by atoms with Gasteiger partial charge in [-0.2, -0.15) is 0 Å². The summed E-state index contributed by atoms with van der Waals surface area (Å²) in [6.07, 6.45) is 0.272. The standard InChI is InChI=1S/C11H10ClF2NO2/c12-7-2-6(8(13)3-9(7)14)10-1-5(4-15-10)11(16)17/h2-3,5,10,15H,1,4H2,(H,16,17). The normalized spacial score (nSPS) is 23.9. The summed E-state index contributed by atoms with van der Waals surface area (Å²) in [6, 6.07) is 1.48. The third-order valence-corrected chi connectivity index (χ3v) is 3.18. The summed E-state index contributed by atoms with van der Waals surface area (Å²) in [5.74, 6) is -3.01. The molecule has 1 aromatic carbocycles. The van der Waals surface area contributed by atoms with Crippen LogP contribution in [-0.4, -0.2) is 17.6 Å². The molecule has 0 amide bonds. The molecule has 6 heteroatoms. The van der Waals surface area contributed by atoms with Gasteiger partial charge in [0.15, 0.2) is 0 Å². The lowest BCUT2D eigenvalue weighted by atomic mass is 10.00. The Balaban J connectivity index is 2.24. The lowest BCUT2D eigenvalue weighted by Crippen LogP contribution is -2.17. The van der Waals surface area contributed by atoms with Crippen LogP contribution < -0.4 is 5.32 Å². The molecule has 92 valence electrons. The average Bonchev–Trinajstić information content (AvgIpc) is 2.72. The van der Waals surface area contributed by atoms with Crippen LogP contribution >= 0.6 is 11.6 Å². The van der Waals surface area contributed by atoms with E-state index in [4.69, 9.17) is 16.7 Å². The molecular formula is C11H10ClF2NO2. The smallest absolute Gasteiger partial charge is 0.307 e. The molecule has 0 saturated carbocycles. The van der Waals surface area contributed by atoms with E-state index in [9.17, 15) is 13.6 Å². The van der Waals surface area contributed by atoms with E-state index in [2.05, 4.69) is 5.32 Å². The number of carboxylic acid groups (broad SMARTS) is 1. The van der Waals surface area contributed by atoms with Crippen LogP contribution in [0, 0.1) is 17.6 Å². The number of rotatable bonds is 2. The maximum atomic E-state index is 13.5. The van der Waals surface area contributed by atoms with Gasteiger partial charge < -0.3 is 10.4 Å². The molecule has 0 spiro atoms. The highest BCUT2D eigenvalue weighted by Gasteiger charge is 2.31. The molecule has 1 aromatic rings. The quantitative estimate of drug-likeness (QED) is 0.804. The molecule has 17 heavy (non-hydrogen) atoms. The molecule has 3 nitrogen and oxygen atoms in total. The highest BCUT2D eigenvalue weighted by atomic mass is 35.5. The number of benzene rings is 1. The van der Waals surface area contributed by atoms with Gasteiger partial charge in [-0.1, -0.05) is 11.6 Å². The van der Waals surface area contributed by atoms with Crippen molar-refractivity contribution in [3.8, 4) is 0 Å². The van der Waals surface area contributed by atoms with Crippen LogP contribution in [0.2, 0.25) is 5.02 Å². The van der Waals surface area contributed by atoms with E-state index in [1.54, 1.807) is 0 Å². The third kappa shape index (κ3) is 2.40. The van der Waals surface area contributed by atoms with Crippen LogP contribution in [-0.2, 0) is 4.79 Å². The summed E-state index contributed by atoms with van der Waals surface area (Å²) in [6.45, 7) is 0.272. The van der Waals surface area contributed by atoms with Gasteiger partial charge in [0.2, 0.25) is 0 Å². The van der Waals surface area contributed by atoms with Gasteiger partial charge in [0.05, 0.1) is 10.9 Å². The Kier molecular flexibility index (Phi) is 3.31. The SMILES string of the molecule is O=C(O)C1CNC(c2cc(Cl)c(F)cc2F)C1. The Morgan fingerprint density at radius 2 is 2.12 bits per heavy atom. The first-order valence-electron chi connectivity index (χ1n) is 5.09. The van der Waals surface area contributed by atoms with Crippen molar-refractivity contribution in [1.29, 1.82) is 0 Å². The molecule has 2 unspecified atom stereocenters. The summed E-state index contributed by atoms with van der Waals surface area (Å²) in [5.41, 5.74) is 0.208. The molecule has 2 N–H and O–H groups in total. The predicted octanol–water partition coefficient (Wildman–Crippen LogP) is 2.35. The summed E-state index contributed by atoms with van der Waals surface area (Å²) in [5, 5.41) is 11.6. The second-order valence-corrected chi connectivity index (χ2v) is 4.43. The Hall–Kier alpha value is -1.20. The van der Waals surface area contributed by atoms with E-state index in [1.807, 2.05) is 0 Å². The fourth-order valence-electron chi connectivity index (χ4n) is 1.97. The molecule has 1 fully saturated rings. The van der Waals surface area contributed by atoms with E-state index in [1.165, 1.54) is 6.07 Å². The fraction of sp³-hybridized carbons (Fsp3) is 0.364. The van der Waals surface area contributed by atoms with Crippen LogP contribution in [0.1, 0.15) is 18.0 Å². The van der Waals surface area contributed by atoms with E-state index >= 15 is 0 Å². The van der Waals surface area contributed by atoms with Gasteiger partial charge in [0.1, 0.15) is 11.6 Å². The molecule has 2 rings (SSSR count). The van der Waals surface area contributed by atoms with Crippen molar-refractivity contribution >= 4 is 17.6 Å². The summed E-state index contributed by atoms with van der Waals surface area (Å²) in [4.78, 5) is 10.8. The van der Waals surface area contributed by atoms with Gasteiger partial charge in [-0.25, -0.2) is 8.78 Å². The van der Waals surface area contributed by atoms with Crippen molar-refractivity contribution in [2.75, 3.05) is 6.54 Å². The Morgan fingerprint density at radius 3 is 2.71 bits per heavy atom. The summed E-state index contributed by atoms with van der Waals surface area (Å²) >= 11 is 5.58. The third-order valence-electron chi connectivity index (χ3n) is 2.90. The Labute approximate surface area is 101 Å². The zero-order valence-electron chi connectivity index (χ0n) is 8.71. The maximum Gasteiger partial charge on any atom is 0.307 e. The summed E-state index contributed by atoms with van der Waals surface area (Å²) in [7, 11) is 0. The molecule has 1 saturated heterocycles. The van der Waals surface area contributed by atoms with Crippen molar-refractivity contribution in [3.63, 3.8) is 0 Å². The number of nitrogens with one attached hydrogen (secondary N) is 1. The number of carboxylic acids is 1. The lowest BCUT2D eigenvalue weighted by molar-refractivity contribution is -0.141. The zero-order chi connectivity index (χ0) is 12.6. The predicted molar refractivity (Wildman–Crippen MR) is 57.9 cm³/mol. The number of halogens is 3. The van der Waals surface area contributed by atoms with E-state index in [0.29, 0.717) is 6.07 Å². The first-order chi connectivity index (χ1) is 7.99. The molecule has 0 aliphatic carbocycles. The molecule has 0 aromatic heterocycles. The van der Waals surface area contributed by atoms with Crippen LogP contribution in [0.3, 0.4) is 0 Å². The maximum absolute atomic E-state index is 13.5. The van der Waals surface area contributed by atoms with Crippen molar-refractivity contribution < 1.29 is 18.7 Å². The van der Waals surface area contributed by atoms with E-state index in [-0.39, 0.29) is 23.6 Å². The monoisotopic (exact) mass is 261 g/mol. The topological polar surface area (TPSA) is 49.3 Å². The summed E-state index contributed by atoms with van der Waals surface area (Å²) < 4.78 is 26.5. The van der Waals surface area contributed by atoms with Crippen LogP contribution in [0.15, 0.2) is 12.1 Å². The van der Waals surface area contributed by atoms with Gasteiger partial charge in [-0.3, -0.25) is 4.79 Å². The number of hydrogen-bond acceptors (Lipinski definition) is 2. The minimum absolute atomic E-state index is 0.165. The van der Waals surface area contributed by atoms with Crippen molar-refractivity contribution in [3.05, 3.63) is 34.4 Å². The Morgan fingerprint density at radius 1 is 1.41 bits per heavy atom. The fourth-order valence-corrected chi connectivity index (χ4v) is 2.14. The molecule has 2 atom stereocenters. The van der Waals surface area contributed by atoms with Gasteiger partial charge in [-0.05, 0) is 12.5 Å². The van der Waals surface area contributed by atoms with Crippen molar-refractivity contribution in [1.82, 2.24) is 5.32 Å². The molecule has 1 aliphatic heterocycles. The minimum Gasteiger partial charge on any atom is -0.481 e. The van der Waals surface area contributed by atoms with Gasteiger partial charge >= 0.3 is 5.97 Å². The largest absolute Gasteiger partial charge is 0.481 e. The van der Waals surface area contributed by atoms with E-state index < -0.39 is 29.6 Å². The van der Waals surface area contributed by atoms with Crippen LogP contribution in [0.4, 0.5) is 8.78 Å². The second kappa shape index (κ2) is 4.58. The van der Waals surface area contributed by atoms with Crippen LogP contribution in [0.5, 0.6) is 0 Å². The highest BCUT2D eigenvalue weighted by Crippen LogP contribution is 2.31. The van der Waals surface area contributed by atoms with E-state index in [0.717, 1.165) is 0 Å². The van der Waals surface area contributed by atoms with Crippen LogP contribution in [0.25, 0.3) is 0 Å². The molecular weight excluding hydrogens is 252 g/mol. The lowest BCUT2D eigenvalue weighted by Gasteiger charge is -2.12. The molecule has 0 bridgehead atoms. The minimum atomic E-state index is -0.923. The van der Waals surface area contributed by atoms with Gasteiger partial charge in [0.25, 0.3) is 0 Å². The number of hydrogen-bond donors (Lipinski definition) is 2. The Bertz CT molecular complexity index is 467. The zero-order valence-corrected chi connectivity index (χ0v) is 9.47. The highest BCUT2D eigenvalue weighted by molar-refractivity contribution is 6.30. The molecule has 0 radical (unpaired) electrons. The first-order valence-corrected chi connectivity index (χ1v) is 5.47. The first kappa shape index (κ1) is 12.3. The van der Waals surface area contributed by atoms with Crippen molar-refractivity contribution in [2.45, 2.75) is 12.5 Å². The van der Waals surface area contributed by atoms with Gasteiger partial charge in [0, 0.05) is 24.2 Å². The molecule has 1 heterocycles. The van der Waals surface area contributed by atoms with Crippen molar-refractivity contribution in [2.24, 2.45) is 5.92 Å². The van der Waals surface area contributed by atoms with Gasteiger partial charge in [-0.15, -0.1) is 0 Å². The number of aliphatic carboxylic acids is 1. The second-order valence-electron chi connectivity index (χ2n) is 4.02. The number of carbonyl (C=O) groups is 1. The average molecular weight is 262 g/mol. The molecule has 1 aliphatic rings.